The number of benzene rings is 1. The minimum absolute atomic E-state index is 0.0664. The van der Waals surface area contributed by atoms with Crippen molar-refractivity contribution in [2.24, 2.45) is 7.05 Å². The summed E-state index contributed by atoms with van der Waals surface area (Å²) >= 11 is 0. The number of hydrogen-bond acceptors (Lipinski definition) is 2. The summed E-state index contributed by atoms with van der Waals surface area (Å²) in [5.74, 6) is -0.462. The third-order valence-corrected chi connectivity index (χ3v) is 2.67. The first-order valence-electron chi connectivity index (χ1n) is 6.08. The van der Waals surface area contributed by atoms with Gasteiger partial charge in [0.1, 0.15) is 11.5 Å². The van der Waals surface area contributed by atoms with Gasteiger partial charge in [-0.2, -0.15) is 5.10 Å². The number of nitrogens with one attached hydrogen (secondary N) is 1. The predicted octanol–water partition coefficient (Wildman–Crippen LogP) is 2.36. The lowest BCUT2D eigenvalue weighted by atomic mass is 10.1. The SMILES string of the molecule is CC(C)NC(=O)c1cc(-c2ccc(F)cc2)nn1C. The van der Waals surface area contributed by atoms with Gasteiger partial charge in [-0.05, 0) is 44.2 Å². The van der Waals surface area contributed by atoms with Gasteiger partial charge < -0.3 is 5.32 Å². The number of nitrogens with zero attached hydrogens (tertiary/aromatic N) is 2. The lowest BCUT2D eigenvalue weighted by molar-refractivity contribution is 0.0933. The second-order valence-electron chi connectivity index (χ2n) is 4.67. The van der Waals surface area contributed by atoms with Gasteiger partial charge in [-0.15, -0.1) is 0 Å². The fourth-order valence-electron chi connectivity index (χ4n) is 1.78. The van der Waals surface area contributed by atoms with Crippen LogP contribution in [0.15, 0.2) is 30.3 Å². The molecule has 0 radical (unpaired) electrons. The molecule has 0 saturated carbocycles. The standard InChI is InChI=1S/C14H16FN3O/c1-9(2)16-14(19)13-8-12(17-18(13)3)10-4-6-11(15)7-5-10/h4-9H,1-3H3,(H,16,19). The molecule has 1 heterocycles. The van der Waals surface area contributed by atoms with Crippen LogP contribution in [0.1, 0.15) is 24.3 Å². The van der Waals surface area contributed by atoms with E-state index in [4.69, 9.17) is 0 Å². The first kappa shape index (κ1) is 13.3. The molecular formula is C14H16FN3O. The Morgan fingerprint density at radius 1 is 1.32 bits per heavy atom. The summed E-state index contributed by atoms with van der Waals surface area (Å²) in [7, 11) is 1.71. The molecule has 0 aliphatic rings. The summed E-state index contributed by atoms with van der Waals surface area (Å²) in [6.07, 6.45) is 0. The Morgan fingerprint density at radius 3 is 2.53 bits per heavy atom. The maximum absolute atomic E-state index is 12.9. The summed E-state index contributed by atoms with van der Waals surface area (Å²) in [6.45, 7) is 3.80. The molecule has 2 rings (SSSR count). The summed E-state index contributed by atoms with van der Waals surface area (Å²) in [5.41, 5.74) is 1.91. The highest BCUT2D eigenvalue weighted by Gasteiger charge is 2.14. The Labute approximate surface area is 111 Å². The molecule has 0 saturated heterocycles. The molecule has 2 aromatic rings. The Morgan fingerprint density at radius 2 is 1.95 bits per heavy atom. The molecule has 1 aromatic heterocycles. The molecule has 1 aromatic carbocycles. The van der Waals surface area contributed by atoms with Crippen molar-refractivity contribution >= 4 is 5.91 Å². The van der Waals surface area contributed by atoms with Gasteiger partial charge in [0, 0.05) is 18.7 Å². The normalized spacial score (nSPS) is 10.8. The van der Waals surface area contributed by atoms with Crippen LogP contribution in [0.3, 0.4) is 0 Å². The highest BCUT2D eigenvalue weighted by molar-refractivity contribution is 5.93. The van der Waals surface area contributed by atoms with E-state index >= 15 is 0 Å². The number of aryl methyl sites for hydroxylation is 1. The van der Waals surface area contributed by atoms with Crippen LogP contribution in [0.2, 0.25) is 0 Å². The highest BCUT2D eigenvalue weighted by Crippen LogP contribution is 2.19. The number of rotatable bonds is 3. The molecule has 0 aliphatic heterocycles. The molecule has 0 fully saturated rings. The quantitative estimate of drug-likeness (QED) is 0.922. The van der Waals surface area contributed by atoms with Crippen molar-refractivity contribution in [2.75, 3.05) is 0 Å². The van der Waals surface area contributed by atoms with E-state index < -0.39 is 0 Å². The van der Waals surface area contributed by atoms with Crippen LogP contribution < -0.4 is 5.32 Å². The van der Waals surface area contributed by atoms with E-state index in [1.165, 1.54) is 16.8 Å². The van der Waals surface area contributed by atoms with Crippen molar-refractivity contribution in [1.82, 2.24) is 15.1 Å². The van der Waals surface area contributed by atoms with Gasteiger partial charge in [-0.1, -0.05) is 0 Å². The Hall–Kier alpha value is -2.17. The van der Waals surface area contributed by atoms with E-state index in [0.717, 1.165) is 5.56 Å². The molecule has 0 atom stereocenters. The third-order valence-electron chi connectivity index (χ3n) is 2.67. The fraction of sp³-hybridized carbons (Fsp3) is 0.286. The number of aromatic nitrogens is 2. The summed E-state index contributed by atoms with van der Waals surface area (Å²) in [4.78, 5) is 11.9. The highest BCUT2D eigenvalue weighted by atomic mass is 19.1. The lowest BCUT2D eigenvalue weighted by Crippen LogP contribution is -2.31. The topological polar surface area (TPSA) is 46.9 Å². The van der Waals surface area contributed by atoms with Crippen LogP contribution in [0.4, 0.5) is 4.39 Å². The Bertz CT molecular complexity index is 587. The fourth-order valence-corrected chi connectivity index (χ4v) is 1.78. The zero-order valence-corrected chi connectivity index (χ0v) is 11.1. The van der Waals surface area contributed by atoms with Gasteiger partial charge in [0.25, 0.3) is 5.91 Å². The molecule has 0 bridgehead atoms. The number of halogens is 1. The molecular weight excluding hydrogens is 245 g/mol. The van der Waals surface area contributed by atoms with Crippen molar-refractivity contribution in [2.45, 2.75) is 19.9 Å². The largest absolute Gasteiger partial charge is 0.349 e. The predicted molar refractivity (Wildman–Crippen MR) is 71.2 cm³/mol. The smallest absolute Gasteiger partial charge is 0.269 e. The maximum Gasteiger partial charge on any atom is 0.269 e. The van der Waals surface area contributed by atoms with Crippen molar-refractivity contribution in [3.05, 3.63) is 41.8 Å². The van der Waals surface area contributed by atoms with Crippen LogP contribution in [0.25, 0.3) is 11.3 Å². The number of carbonyl (C=O) groups is 1. The summed E-state index contributed by atoms with van der Waals surface area (Å²) in [6, 6.07) is 7.79. The Balaban J connectivity index is 2.30. The zero-order chi connectivity index (χ0) is 14.0. The average Bonchev–Trinajstić information content (AvgIpc) is 2.71. The molecule has 5 heteroatoms. The monoisotopic (exact) mass is 261 g/mol. The van der Waals surface area contributed by atoms with Crippen LogP contribution in [-0.4, -0.2) is 21.7 Å². The summed E-state index contributed by atoms with van der Waals surface area (Å²) in [5, 5.41) is 7.09. The van der Waals surface area contributed by atoms with Crippen molar-refractivity contribution in [1.29, 1.82) is 0 Å². The number of amides is 1. The molecule has 19 heavy (non-hydrogen) atoms. The Kier molecular flexibility index (Phi) is 3.64. The van der Waals surface area contributed by atoms with Gasteiger partial charge in [-0.3, -0.25) is 9.48 Å². The number of carbonyl (C=O) groups excluding carboxylic acids is 1. The van der Waals surface area contributed by atoms with E-state index in [2.05, 4.69) is 10.4 Å². The molecule has 100 valence electrons. The number of hydrogen-bond donors (Lipinski definition) is 1. The van der Waals surface area contributed by atoms with Crippen LogP contribution in [0, 0.1) is 5.82 Å². The van der Waals surface area contributed by atoms with Crippen LogP contribution >= 0.6 is 0 Å². The van der Waals surface area contributed by atoms with Crippen LogP contribution in [-0.2, 0) is 7.05 Å². The molecule has 0 spiro atoms. The van der Waals surface area contributed by atoms with Crippen molar-refractivity contribution < 1.29 is 9.18 Å². The summed E-state index contributed by atoms with van der Waals surface area (Å²) < 4.78 is 14.4. The van der Waals surface area contributed by atoms with Gasteiger partial charge in [-0.25, -0.2) is 4.39 Å². The van der Waals surface area contributed by atoms with E-state index in [0.29, 0.717) is 11.4 Å². The second kappa shape index (κ2) is 5.22. The van der Waals surface area contributed by atoms with Crippen molar-refractivity contribution in [3.8, 4) is 11.3 Å². The molecule has 0 unspecified atom stereocenters. The van der Waals surface area contributed by atoms with E-state index in [1.54, 1.807) is 25.2 Å². The molecule has 4 nitrogen and oxygen atoms in total. The van der Waals surface area contributed by atoms with Crippen LogP contribution in [0.5, 0.6) is 0 Å². The third kappa shape index (κ3) is 2.99. The first-order chi connectivity index (χ1) is 8.97. The van der Waals surface area contributed by atoms with E-state index in [9.17, 15) is 9.18 Å². The van der Waals surface area contributed by atoms with Crippen molar-refractivity contribution in [3.63, 3.8) is 0 Å². The maximum atomic E-state index is 12.9. The van der Waals surface area contributed by atoms with E-state index in [1.807, 2.05) is 13.8 Å². The van der Waals surface area contributed by atoms with Gasteiger partial charge in [0.2, 0.25) is 0 Å². The minimum atomic E-state index is -0.294. The lowest BCUT2D eigenvalue weighted by Gasteiger charge is -2.07. The second-order valence-corrected chi connectivity index (χ2v) is 4.67. The van der Waals surface area contributed by atoms with Gasteiger partial charge >= 0.3 is 0 Å². The van der Waals surface area contributed by atoms with Gasteiger partial charge in [0.15, 0.2) is 0 Å². The minimum Gasteiger partial charge on any atom is -0.349 e. The van der Waals surface area contributed by atoms with Gasteiger partial charge in [0.05, 0.1) is 5.69 Å². The zero-order valence-electron chi connectivity index (χ0n) is 11.1. The van der Waals surface area contributed by atoms with E-state index in [-0.39, 0.29) is 17.8 Å². The first-order valence-corrected chi connectivity index (χ1v) is 6.08. The molecule has 1 N–H and O–H groups in total. The average molecular weight is 261 g/mol. The molecule has 1 amide bonds. The molecule has 0 aliphatic carbocycles.